The molecule has 0 aromatic carbocycles. The van der Waals surface area contributed by atoms with Gasteiger partial charge in [-0.05, 0) is 18.3 Å². The Morgan fingerprint density at radius 1 is 1.55 bits per heavy atom. The molecule has 0 saturated carbocycles. The van der Waals surface area contributed by atoms with Crippen LogP contribution in [0.4, 0.5) is 0 Å². The van der Waals surface area contributed by atoms with Gasteiger partial charge in [-0.1, -0.05) is 26.0 Å². The summed E-state index contributed by atoms with van der Waals surface area (Å²) in [4.78, 5) is 10.7. The lowest BCUT2D eigenvalue weighted by Crippen LogP contribution is -2.29. The van der Waals surface area contributed by atoms with Gasteiger partial charge in [-0.2, -0.15) is 0 Å². The van der Waals surface area contributed by atoms with Crippen LogP contribution >= 0.6 is 0 Å². The number of allylic oxidation sites excluding steroid dienone is 2. The molecule has 0 aliphatic heterocycles. The number of hydrogen-bond donors (Lipinski definition) is 1. The fourth-order valence-electron chi connectivity index (χ4n) is 1.76. The number of carboxylic acids is 1. The first-order valence-corrected chi connectivity index (χ1v) is 4.02. The number of aliphatic carboxylic acids is 1. The summed E-state index contributed by atoms with van der Waals surface area (Å²) >= 11 is 0. The second-order valence-corrected chi connectivity index (χ2v) is 3.36. The summed E-state index contributed by atoms with van der Waals surface area (Å²) in [5.74, 6) is -0.363. The second-order valence-electron chi connectivity index (χ2n) is 3.36. The van der Waals surface area contributed by atoms with E-state index in [0.717, 1.165) is 6.42 Å². The molecule has 3 atom stereocenters. The van der Waals surface area contributed by atoms with E-state index in [1.807, 2.05) is 19.9 Å². The van der Waals surface area contributed by atoms with Gasteiger partial charge in [0.15, 0.2) is 0 Å². The van der Waals surface area contributed by atoms with E-state index in [1.165, 1.54) is 0 Å². The molecule has 0 radical (unpaired) electrons. The molecule has 0 spiro atoms. The van der Waals surface area contributed by atoms with E-state index in [9.17, 15) is 4.79 Å². The van der Waals surface area contributed by atoms with Crippen molar-refractivity contribution in [3.05, 3.63) is 12.2 Å². The maximum atomic E-state index is 10.7. The normalized spacial score (nSPS) is 37.1. The zero-order valence-corrected chi connectivity index (χ0v) is 6.95. The maximum Gasteiger partial charge on any atom is 0.307 e. The van der Waals surface area contributed by atoms with Gasteiger partial charge < -0.3 is 5.11 Å². The number of carbonyl (C=O) groups is 1. The summed E-state index contributed by atoms with van der Waals surface area (Å²) in [6, 6.07) is 0. The highest BCUT2D eigenvalue weighted by Crippen LogP contribution is 2.29. The summed E-state index contributed by atoms with van der Waals surface area (Å²) in [5, 5.41) is 8.85. The van der Waals surface area contributed by atoms with E-state index in [0.29, 0.717) is 0 Å². The van der Waals surface area contributed by atoms with Crippen LogP contribution in [-0.2, 0) is 4.79 Å². The number of carboxylic acid groups (broad SMARTS) is 1. The van der Waals surface area contributed by atoms with Crippen molar-refractivity contribution < 1.29 is 9.90 Å². The summed E-state index contributed by atoms with van der Waals surface area (Å²) in [7, 11) is 0. The van der Waals surface area contributed by atoms with Crippen LogP contribution in [0.25, 0.3) is 0 Å². The van der Waals surface area contributed by atoms with Crippen molar-refractivity contribution >= 4 is 5.97 Å². The molecule has 0 heterocycles. The first kappa shape index (κ1) is 8.31. The van der Waals surface area contributed by atoms with Gasteiger partial charge in [-0.25, -0.2) is 0 Å². The topological polar surface area (TPSA) is 37.3 Å². The Kier molecular flexibility index (Phi) is 2.32. The van der Waals surface area contributed by atoms with Gasteiger partial charge in [-0.3, -0.25) is 4.79 Å². The minimum absolute atomic E-state index is 0.181. The third-order valence-electron chi connectivity index (χ3n) is 2.41. The van der Waals surface area contributed by atoms with Gasteiger partial charge in [0, 0.05) is 0 Å². The number of hydrogen-bond acceptors (Lipinski definition) is 1. The highest BCUT2D eigenvalue weighted by Gasteiger charge is 2.30. The van der Waals surface area contributed by atoms with Crippen LogP contribution in [0.5, 0.6) is 0 Å². The van der Waals surface area contributed by atoms with Crippen molar-refractivity contribution in [3.63, 3.8) is 0 Å². The first-order valence-electron chi connectivity index (χ1n) is 4.02. The maximum absolute atomic E-state index is 10.7. The van der Waals surface area contributed by atoms with E-state index < -0.39 is 5.97 Å². The second kappa shape index (κ2) is 3.07. The molecule has 0 bridgehead atoms. The van der Waals surface area contributed by atoms with Crippen LogP contribution in [0.1, 0.15) is 20.3 Å². The standard InChI is InChI=1S/C9H14O2/c1-6-4-3-5-7(2)8(6)9(10)11/h3-4,6-8H,5H2,1-2H3,(H,10,11). The van der Waals surface area contributed by atoms with Crippen LogP contribution in [0.2, 0.25) is 0 Å². The van der Waals surface area contributed by atoms with Gasteiger partial charge in [0.05, 0.1) is 5.92 Å². The molecule has 0 saturated heterocycles. The van der Waals surface area contributed by atoms with Gasteiger partial charge in [0.2, 0.25) is 0 Å². The summed E-state index contributed by atoms with van der Waals surface area (Å²) in [5.41, 5.74) is 0. The van der Waals surface area contributed by atoms with Crippen LogP contribution < -0.4 is 0 Å². The van der Waals surface area contributed by atoms with Crippen LogP contribution in [0.3, 0.4) is 0 Å². The lowest BCUT2D eigenvalue weighted by molar-refractivity contribution is -0.145. The largest absolute Gasteiger partial charge is 0.481 e. The molecule has 1 N–H and O–H groups in total. The summed E-state index contributed by atoms with van der Waals surface area (Å²) < 4.78 is 0. The summed E-state index contributed by atoms with van der Waals surface area (Å²) in [6.07, 6.45) is 4.98. The Bertz CT molecular complexity index is 184. The molecule has 2 heteroatoms. The molecule has 0 amide bonds. The molecular weight excluding hydrogens is 140 g/mol. The Hall–Kier alpha value is -0.790. The first-order chi connectivity index (χ1) is 5.13. The zero-order chi connectivity index (χ0) is 8.43. The Morgan fingerprint density at radius 2 is 2.18 bits per heavy atom. The fourth-order valence-corrected chi connectivity index (χ4v) is 1.76. The van der Waals surface area contributed by atoms with E-state index in [2.05, 4.69) is 6.08 Å². The minimum Gasteiger partial charge on any atom is -0.481 e. The monoisotopic (exact) mass is 154 g/mol. The van der Waals surface area contributed by atoms with E-state index >= 15 is 0 Å². The molecule has 0 aromatic rings. The Labute approximate surface area is 66.9 Å². The van der Waals surface area contributed by atoms with Crippen molar-refractivity contribution in [2.24, 2.45) is 17.8 Å². The van der Waals surface area contributed by atoms with Gasteiger partial charge in [0.1, 0.15) is 0 Å². The molecular formula is C9H14O2. The average Bonchev–Trinajstić information content (AvgIpc) is 1.85. The zero-order valence-electron chi connectivity index (χ0n) is 6.95. The number of rotatable bonds is 1. The Balaban J connectivity index is 2.74. The molecule has 0 fully saturated rings. The molecule has 3 unspecified atom stereocenters. The van der Waals surface area contributed by atoms with E-state index in [4.69, 9.17) is 5.11 Å². The average molecular weight is 154 g/mol. The minimum atomic E-state index is -0.658. The molecule has 62 valence electrons. The predicted molar refractivity (Wildman–Crippen MR) is 43.2 cm³/mol. The molecule has 1 rings (SSSR count). The smallest absolute Gasteiger partial charge is 0.307 e. The lowest BCUT2D eigenvalue weighted by atomic mass is 9.78. The molecule has 1 aliphatic rings. The van der Waals surface area contributed by atoms with Crippen molar-refractivity contribution in [3.8, 4) is 0 Å². The highest BCUT2D eigenvalue weighted by molar-refractivity contribution is 5.71. The highest BCUT2D eigenvalue weighted by atomic mass is 16.4. The van der Waals surface area contributed by atoms with Gasteiger partial charge in [0.25, 0.3) is 0 Å². The fraction of sp³-hybridized carbons (Fsp3) is 0.667. The molecule has 11 heavy (non-hydrogen) atoms. The van der Waals surface area contributed by atoms with E-state index in [1.54, 1.807) is 0 Å². The van der Waals surface area contributed by atoms with Crippen molar-refractivity contribution in [2.45, 2.75) is 20.3 Å². The third kappa shape index (κ3) is 1.62. The molecule has 2 nitrogen and oxygen atoms in total. The van der Waals surface area contributed by atoms with Crippen molar-refractivity contribution in [2.75, 3.05) is 0 Å². The SMILES string of the molecule is CC1C=CCC(C)C1C(=O)O. The van der Waals surface area contributed by atoms with Crippen molar-refractivity contribution in [1.29, 1.82) is 0 Å². The van der Waals surface area contributed by atoms with Crippen molar-refractivity contribution in [1.82, 2.24) is 0 Å². The van der Waals surface area contributed by atoms with Crippen LogP contribution in [-0.4, -0.2) is 11.1 Å². The van der Waals surface area contributed by atoms with Crippen LogP contribution in [0, 0.1) is 17.8 Å². The van der Waals surface area contributed by atoms with Gasteiger partial charge >= 0.3 is 5.97 Å². The predicted octanol–water partition coefficient (Wildman–Crippen LogP) is 1.92. The third-order valence-corrected chi connectivity index (χ3v) is 2.41. The van der Waals surface area contributed by atoms with Gasteiger partial charge in [-0.15, -0.1) is 0 Å². The summed E-state index contributed by atoms with van der Waals surface area (Å²) in [6.45, 7) is 3.96. The molecule has 0 aromatic heterocycles. The lowest BCUT2D eigenvalue weighted by Gasteiger charge is -2.26. The van der Waals surface area contributed by atoms with E-state index in [-0.39, 0.29) is 17.8 Å². The van der Waals surface area contributed by atoms with Crippen LogP contribution in [0.15, 0.2) is 12.2 Å². The molecule has 1 aliphatic carbocycles. The quantitative estimate of drug-likeness (QED) is 0.586. The Morgan fingerprint density at radius 3 is 2.55 bits per heavy atom.